The number of ether oxygens (including phenoxy) is 6. The molecule has 1 aromatic heterocycles. The van der Waals surface area contributed by atoms with Crippen molar-refractivity contribution in [1.29, 1.82) is 0 Å². The maximum atomic E-state index is 13.7. The summed E-state index contributed by atoms with van der Waals surface area (Å²) in [7, 11) is 10.1. The van der Waals surface area contributed by atoms with Gasteiger partial charge in [-0.25, -0.2) is 9.07 Å². The molecular formula is C58H102FN7O12. The Morgan fingerprint density at radius 3 is 2.18 bits per heavy atom. The SMILES string of the molecule is C#C.CC[C@H]1OC(=O)[C@H](C)[C@@H](O[C@H]2C[C@@](C)(OC)C[C@H](C)O2)[C@H](C)C[C@](C)(O)C[C@@H](C)CN(C)[C@H](C)C(O)[C@]1(C)O.CNC(C)c1cn(-c2ccc(C[C@@H](CF)NC(=O)CCN(C)[C@@H]3C[C@H](OC)O[C@H](C)C3)cc2)nn1.CO. The number of methoxy groups -OCH3 is 2. The Morgan fingerprint density at radius 2 is 1.60 bits per heavy atom. The lowest BCUT2D eigenvalue weighted by Crippen LogP contribution is -2.59. The van der Waals surface area contributed by atoms with E-state index in [0.717, 1.165) is 43.3 Å². The number of carbonyl (C=O) groups excluding carboxylic acids is 2. The summed E-state index contributed by atoms with van der Waals surface area (Å²) in [5.74, 6) is -1.47. The second-order valence-electron chi connectivity index (χ2n) is 22.9. The molecule has 0 saturated carbocycles. The Balaban J connectivity index is 0.000000504. The van der Waals surface area contributed by atoms with Crippen molar-refractivity contribution in [2.24, 2.45) is 17.8 Å². The first-order chi connectivity index (χ1) is 36.7. The fourth-order valence-electron chi connectivity index (χ4n) is 11.2. The first-order valence-corrected chi connectivity index (χ1v) is 27.8. The van der Waals surface area contributed by atoms with Gasteiger partial charge in [-0.05, 0) is 138 Å². The highest BCUT2D eigenvalue weighted by Gasteiger charge is 2.47. The Morgan fingerprint density at radius 1 is 0.974 bits per heavy atom. The first-order valence-electron chi connectivity index (χ1n) is 27.8. The number of aliphatic hydroxyl groups is 4. The number of esters is 1. The number of terminal acetylenes is 1. The standard InChI is InChI=1S/C30H57NO8.C25H39FN6O3.C2H2.CH4O/c1-12-23-30(9,35)26(32)22(6)31(10)17-18(2)13-28(7,34)14-19(3)25(21(5)27(33)38-23)39-24-16-29(8,36-11)15-20(4)37-24;1-17-12-22(14-25(34-5)35-17)31(4)11-10-24(33)28-20(15-26)13-19-6-8-21(9-7-19)32-16-23(29-30-32)18(2)27-3;2*1-2/h18-26,32,34-35H,12-17H2,1-11H3;6-9,16-18,20,22,25,27H,10-15H2,1-5H3,(H,28,33);1-2H;2H,1H3/t18-,19-,20+,21-,22-,23-,24+,25+,26?,28-,29+,30-;17-,18?,20+,22+,25-;;/m11../s1. The highest BCUT2D eigenvalue weighted by atomic mass is 19.1. The minimum Gasteiger partial charge on any atom is -0.459 e. The Hall–Kier alpha value is -3.69. The molecule has 0 aliphatic carbocycles. The van der Waals surface area contributed by atoms with Crippen LogP contribution in [0.5, 0.6) is 0 Å². The van der Waals surface area contributed by atoms with Crippen molar-refractivity contribution in [1.82, 2.24) is 35.4 Å². The number of carbonyl (C=O) groups is 2. The fourth-order valence-corrected chi connectivity index (χ4v) is 11.2. The van der Waals surface area contributed by atoms with Crippen LogP contribution in [-0.2, 0) is 44.4 Å². The molecule has 3 aliphatic rings. The van der Waals surface area contributed by atoms with E-state index >= 15 is 0 Å². The zero-order chi connectivity index (χ0) is 59.3. The highest BCUT2D eigenvalue weighted by Crippen LogP contribution is 2.37. The third kappa shape index (κ3) is 21.3. The number of hydrogen-bond acceptors (Lipinski definition) is 17. The van der Waals surface area contributed by atoms with Gasteiger partial charge in [-0.2, -0.15) is 0 Å². The van der Waals surface area contributed by atoms with E-state index in [1.807, 2.05) is 112 Å². The second kappa shape index (κ2) is 33.3. The van der Waals surface area contributed by atoms with Gasteiger partial charge < -0.3 is 69.3 Å². The van der Waals surface area contributed by atoms with Gasteiger partial charge in [-0.1, -0.05) is 38.1 Å². The molecule has 3 saturated heterocycles. The van der Waals surface area contributed by atoms with Gasteiger partial charge in [0.1, 0.15) is 24.5 Å². The summed E-state index contributed by atoms with van der Waals surface area (Å²) >= 11 is 0. The first kappa shape index (κ1) is 70.4. The topological polar surface area (TPSA) is 232 Å². The van der Waals surface area contributed by atoms with E-state index in [4.69, 9.17) is 33.5 Å². The van der Waals surface area contributed by atoms with Crippen molar-refractivity contribution in [3.8, 4) is 18.5 Å². The Kier molecular flexibility index (Phi) is 30.1. The summed E-state index contributed by atoms with van der Waals surface area (Å²) in [6, 6.07) is 7.14. The Labute approximate surface area is 466 Å². The number of nitrogens with one attached hydrogen (secondary N) is 2. The molecule has 6 N–H and O–H groups in total. The fraction of sp³-hybridized carbons (Fsp3) is 0.793. The number of likely N-dealkylation sites (N-methyl/N-ethyl adjacent to an activating group) is 1. The number of cyclic esters (lactones) is 1. The number of nitrogens with zero attached hydrogens (tertiary/aromatic N) is 5. The van der Waals surface area contributed by atoms with Crippen LogP contribution >= 0.6 is 0 Å². The quantitative estimate of drug-likeness (QED) is 0.0865. The summed E-state index contributed by atoms with van der Waals surface area (Å²) in [4.78, 5) is 30.3. The molecule has 448 valence electrons. The Bertz CT molecular complexity index is 2050. The van der Waals surface area contributed by atoms with Crippen LogP contribution in [0.1, 0.15) is 145 Å². The minimum atomic E-state index is -1.67. The average molecular weight is 1110 g/mol. The lowest BCUT2D eigenvalue weighted by atomic mass is 9.80. The smallest absolute Gasteiger partial charge is 0.311 e. The van der Waals surface area contributed by atoms with E-state index in [2.05, 4.69) is 45.6 Å². The van der Waals surface area contributed by atoms with Crippen LogP contribution in [0.3, 0.4) is 0 Å². The highest BCUT2D eigenvalue weighted by molar-refractivity contribution is 5.76. The third-order valence-electron chi connectivity index (χ3n) is 15.8. The van der Waals surface area contributed by atoms with E-state index in [1.54, 1.807) is 25.8 Å². The van der Waals surface area contributed by atoms with Crippen LogP contribution in [0.2, 0.25) is 0 Å². The van der Waals surface area contributed by atoms with Crippen LogP contribution < -0.4 is 10.6 Å². The number of rotatable bonds is 16. The maximum Gasteiger partial charge on any atom is 0.311 e. The van der Waals surface area contributed by atoms with Crippen LogP contribution in [0.25, 0.3) is 5.69 Å². The number of aliphatic hydroxyl groups excluding tert-OH is 2. The molecule has 0 spiro atoms. The molecule has 0 radical (unpaired) electrons. The number of halogens is 1. The van der Waals surface area contributed by atoms with Gasteiger partial charge >= 0.3 is 5.97 Å². The zero-order valence-corrected chi connectivity index (χ0v) is 50.3. The molecule has 1 aromatic carbocycles. The van der Waals surface area contributed by atoms with Gasteiger partial charge in [0, 0.05) is 78.2 Å². The number of hydrogen-bond donors (Lipinski definition) is 6. The summed E-state index contributed by atoms with van der Waals surface area (Å²) in [6.07, 6.45) is 11.3. The van der Waals surface area contributed by atoms with E-state index in [-0.39, 0.29) is 48.3 Å². The largest absolute Gasteiger partial charge is 0.459 e. The summed E-state index contributed by atoms with van der Waals surface area (Å²) < 4.78 is 50.8. The number of amides is 1. The maximum absolute atomic E-state index is 13.7. The molecule has 5 rings (SSSR count). The zero-order valence-electron chi connectivity index (χ0n) is 50.3. The van der Waals surface area contributed by atoms with E-state index in [0.29, 0.717) is 51.6 Å². The number of benzene rings is 1. The summed E-state index contributed by atoms with van der Waals surface area (Å²) in [5.41, 5.74) is -0.422. The number of aromatic nitrogens is 3. The predicted molar refractivity (Wildman–Crippen MR) is 300 cm³/mol. The molecule has 3 aliphatic heterocycles. The van der Waals surface area contributed by atoms with E-state index in [1.165, 1.54) is 6.92 Å². The molecule has 19 nitrogen and oxygen atoms in total. The monoisotopic (exact) mass is 1110 g/mol. The lowest BCUT2D eigenvalue weighted by molar-refractivity contribution is -0.265. The van der Waals surface area contributed by atoms with Crippen LogP contribution in [0, 0.1) is 30.6 Å². The van der Waals surface area contributed by atoms with Crippen LogP contribution in [-0.4, -0.2) is 197 Å². The normalized spacial score (nSPS) is 34.1. The minimum absolute atomic E-state index is 0.0856. The van der Waals surface area contributed by atoms with Gasteiger partial charge in [0.05, 0.1) is 59.1 Å². The molecule has 17 atom stereocenters. The van der Waals surface area contributed by atoms with E-state index < -0.39 is 72.1 Å². The molecule has 0 bridgehead atoms. The van der Waals surface area contributed by atoms with Crippen molar-refractivity contribution < 1.29 is 62.8 Å². The molecule has 20 heteroatoms. The van der Waals surface area contributed by atoms with Gasteiger partial charge in [-0.15, -0.1) is 17.9 Å². The van der Waals surface area contributed by atoms with E-state index in [9.17, 15) is 29.3 Å². The van der Waals surface area contributed by atoms with Crippen molar-refractivity contribution >= 4 is 11.9 Å². The lowest BCUT2D eigenvalue weighted by Gasteiger charge is -2.43. The van der Waals surface area contributed by atoms with Crippen LogP contribution in [0.15, 0.2) is 30.5 Å². The van der Waals surface area contributed by atoms with Crippen LogP contribution in [0.4, 0.5) is 4.39 Å². The van der Waals surface area contributed by atoms with Crippen molar-refractivity contribution in [2.45, 2.75) is 218 Å². The molecule has 3 fully saturated rings. The second-order valence-corrected chi connectivity index (χ2v) is 22.9. The van der Waals surface area contributed by atoms with Crippen molar-refractivity contribution in [3.05, 3.63) is 41.7 Å². The molecule has 2 unspecified atom stereocenters. The third-order valence-corrected chi connectivity index (χ3v) is 15.8. The average Bonchev–Trinajstić information content (AvgIpc) is 3.91. The van der Waals surface area contributed by atoms with Gasteiger partial charge in [0.25, 0.3) is 0 Å². The molecule has 1 amide bonds. The van der Waals surface area contributed by atoms with Gasteiger partial charge in [-0.3, -0.25) is 9.59 Å². The molecular weight excluding hydrogens is 1010 g/mol. The molecule has 2 aromatic rings. The van der Waals surface area contributed by atoms with Crippen molar-refractivity contribution in [3.63, 3.8) is 0 Å². The van der Waals surface area contributed by atoms with Gasteiger partial charge in [0.2, 0.25) is 5.91 Å². The van der Waals surface area contributed by atoms with Crippen molar-refractivity contribution in [2.75, 3.05) is 62.2 Å². The molecule has 78 heavy (non-hydrogen) atoms. The van der Waals surface area contributed by atoms with Gasteiger partial charge in [0.15, 0.2) is 12.6 Å². The predicted octanol–water partition coefficient (Wildman–Crippen LogP) is 5.77. The summed E-state index contributed by atoms with van der Waals surface area (Å²) in [6.45, 7) is 21.5. The molecule has 4 heterocycles. The summed E-state index contributed by atoms with van der Waals surface area (Å²) in [5, 5.41) is 55.5. The number of alkyl halides is 1.